The summed E-state index contributed by atoms with van der Waals surface area (Å²) in [6, 6.07) is 1.81. The molecule has 3 rings (SSSR count). The van der Waals surface area contributed by atoms with Gasteiger partial charge in [0.25, 0.3) is 0 Å². The minimum absolute atomic E-state index is 0.906. The van der Waals surface area contributed by atoms with Crippen LogP contribution in [-0.2, 0) is 0 Å². The number of nitrogens with one attached hydrogen (secondary N) is 1. The van der Waals surface area contributed by atoms with E-state index in [2.05, 4.69) is 12.2 Å². The molecule has 46 valence electrons. The van der Waals surface area contributed by atoms with Gasteiger partial charge in [-0.25, -0.2) is 0 Å². The summed E-state index contributed by atoms with van der Waals surface area (Å²) in [5, 5.41) is 3.51. The van der Waals surface area contributed by atoms with Gasteiger partial charge in [-0.15, -0.1) is 0 Å². The predicted octanol–water partition coefficient (Wildman–Crippen LogP) is 1.15. The molecule has 2 saturated heterocycles. The van der Waals surface area contributed by atoms with E-state index in [0.29, 0.717) is 0 Å². The molecule has 0 radical (unpaired) electrons. The lowest BCUT2D eigenvalue weighted by molar-refractivity contribution is 0.137. The SMILES string of the molecule is CC1C[C@@H]2C[C@H](C1)N2. The monoisotopic (exact) mass is 111 g/mol. The Morgan fingerprint density at radius 1 is 1.12 bits per heavy atom. The molecule has 1 unspecified atom stereocenters. The van der Waals surface area contributed by atoms with Crippen LogP contribution in [0.25, 0.3) is 0 Å². The van der Waals surface area contributed by atoms with Crippen molar-refractivity contribution in [2.24, 2.45) is 5.92 Å². The maximum Gasteiger partial charge on any atom is 0.00870 e. The number of piperidine rings is 1. The Morgan fingerprint density at radius 3 is 1.88 bits per heavy atom. The first-order valence-corrected chi connectivity index (χ1v) is 3.60. The van der Waals surface area contributed by atoms with Crippen molar-refractivity contribution >= 4 is 0 Å². The van der Waals surface area contributed by atoms with E-state index in [1.807, 2.05) is 0 Å². The highest BCUT2D eigenvalue weighted by Gasteiger charge is 2.35. The van der Waals surface area contributed by atoms with E-state index in [1.54, 1.807) is 0 Å². The number of fused-ring (bicyclic) bond motifs is 2. The van der Waals surface area contributed by atoms with Gasteiger partial charge < -0.3 is 5.32 Å². The van der Waals surface area contributed by atoms with Gasteiger partial charge in [-0.05, 0) is 25.2 Å². The van der Waals surface area contributed by atoms with Crippen LogP contribution in [0.3, 0.4) is 0 Å². The summed E-state index contributed by atoms with van der Waals surface area (Å²) in [6.07, 6.45) is 4.32. The summed E-state index contributed by atoms with van der Waals surface area (Å²) in [7, 11) is 0. The zero-order valence-electron chi connectivity index (χ0n) is 5.35. The first-order valence-electron chi connectivity index (χ1n) is 3.60. The van der Waals surface area contributed by atoms with Crippen molar-refractivity contribution in [1.29, 1.82) is 0 Å². The summed E-state index contributed by atoms with van der Waals surface area (Å²) in [5.74, 6) is 1.000. The molecule has 1 nitrogen and oxygen atoms in total. The molecule has 8 heavy (non-hydrogen) atoms. The second kappa shape index (κ2) is 1.47. The summed E-state index contributed by atoms with van der Waals surface area (Å²) < 4.78 is 0. The largest absolute Gasteiger partial charge is 0.311 e. The van der Waals surface area contributed by atoms with Gasteiger partial charge in [-0.3, -0.25) is 0 Å². The summed E-state index contributed by atoms with van der Waals surface area (Å²) in [6.45, 7) is 2.36. The van der Waals surface area contributed by atoms with Crippen molar-refractivity contribution in [2.75, 3.05) is 0 Å². The highest BCUT2D eigenvalue weighted by molar-refractivity contribution is 4.95. The minimum atomic E-state index is 0.906. The molecule has 3 fully saturated rings. The Bertz CT molecular complexity index is 84.6. The standard InChI is InChI=1S/C7H13N/c1-5-2-6-4-7(3-5)8-6/h5-8H,2-4H2,1H3/t5?,6-,7+. The molecule has 1 aliphatic carbocycles. The van der Waals surface area contributed by atoms with Gasteiger partial charge in [-0.2, -0.15) is 0 Å². The van der Waals surface area contributed by atoms with E-state index in [9.17, 15) is 0 Å². The zero-order valence-corrected chi connectivity index (χ0v) is 5.35. The fourth-order valence-corrected chi connectivity index (χ4v) is 2.05. The Hall–Kier alpha value is -0.0400. The van der Waals surface area contributed by atoms with Crippen molar-refractivity contribution < 1.29 is 0 Å². The minimum Gasteiger partial charge on any atom is -0.311 e. The van der Waals surface area contributed by atoms with Crippen LogP contribution in [0.2, 0.25) is 0 Å². The number of hydrogen-bond acceptors (Lipinski definition) is 1. The van der Waals surface area contributed by atoms with Gasteiger partial charge in [0.15, 0.2) is 0 Å². The Labute approximate surface area is 50.5 Å². The van der Waals surface area contributed by atoms with Crippen LogP contribution >= 0.6 is 0 Å². The van der Waals surface area contributed by atoms with Gasteiger partial charge in [0.2, 0.25) is 0 Å². The van der Waals surface area contributed by atoms with E-state index in [0.717, 1.165) is 18.0 Å². The fourth-order valence-electron chi connectivity index (χ4n) is 2.05. The summed E-state index contributed by atoms with van der Waals surface area (Å²) >= 11 is 0. The number of hydrogen-bond donors (Lipinski definition) is 1. The lowest BCUT2D eigenvalue weighted by Gasteiger charge is -2.45. The zero-order chi connectivity index (χ0) is 5.56. The maximum atomic E-state index is 3.51. The van der Waals surface area contributed by atoms with Crippen LogP contribution < -0.4 is 5.32 Å². The van der Waals surface area contributed by atoms with Gasteiger partial charge in [-0.1, -0.05) is 6.92 Å². The Kier molecular flexibility index (Phi) is 0.884. The predicted molar refractivity (Wildman–Crippen MR) is 33.7 cm³/mol. The van der Waals surface area contributed by atoms with Gasteiger partial charge in [0.1, 0.15) is 0 Å². The lowest BCUT2D eigenvalue weighted by atomic mass is 9.77. The van der Waals surface area contributed by atoms with Crippen molar-refractivity contribution in [1.82, 2.24) is 5.32 Å². The maximum absolute atomic E-state index is 3.51. The quantitative estimate of drug-likeness (QED) is 0.494. The first kappa shape index (κ1) is 4.80. The second-order valence-corrected chi connectivity index (χ2v) is 3.37. The van der Waals surface area contributed by atoms with E-state index < -0.39 is 0 Å². The Morgan fingerprint density at radius 2 is 1.62 bits per heavy atom. The second-order valence-electron chi connectivity index (χ2n) is 3.37. The van der Waals surface area contributed by atoms with Crippen LogP contribution in [0, 0.1) is 5.92 Å². The van der Waals surface area contributed by atoms with Crippen molar-refractivity contribution in [2.45, 2.75) is 38.3 Å². The molecule has 1 saturated carbocycles. The molecule has 0 amide bonds. The molecule has 3 aliphatic rings. The molecule has 1 heteroatoms. The third-order valence-electron chi connectivity index (χ3n) is 2.41. The third kappa shape index (κ3) is 0.576. The Balaban J connectivity index is 1.97. The summed E-state index contributed by atoms with van der Waals surface area (Å²) in [5.41, 5.74) is 0. The van der Waals surface area contributed by atoms with Crippen molar-refractivity contribution in [3.8, 4) is 0 Å². The molecular weight excluding hydrogens is 98.1 g/mol. The van der Waals surface area contributed by atoms with Crippen LogP contribution in [0.4, 0.5) is 0 Å². The number of rotatable bonds is 0. The molecule has 0 spiro atoms. The molecule has 0 aromatic carbocycles. The highest BCUT2D eigenvalue weighted by atomic mass is 15.0. The normalized spacial score (nSPS) is 52.9. The fraction of sp³-hybridized carbons (Fsp3) is 1.00. The lowest BCUT2D eigenvalue weighted by Crippen LogP contribution is -2.57. The van der Waals surface area contributed by atoms with Gasteiger partial charge in [0.05, 0.1) is 0 Å². The van der Waals surface area contributed by atoms with E-state index >= 15 is 0 Å². The average Bonchev–Trinajstić information content (AvgIpc) is 1.62. The molecule has 1 N–H and O–H groups in total. The van der Waals surface area contributed by atoms with Crippen LogP contribution in [0.15, 0.2) is 0 Å². The third-order valence-corrected chi connectivity index (χ3v) is 2.41. The van der Waals surface area contributed by atoms with Crippen LogP contribution in [0.1, 0.15) is 26.2 Å². The summed E-state index contributed by atoms with van der Waals surface area (Å²) in [4.78, 5) is 0. The van der Waals surface area contributed by atoms with Crippen LogP contribution in [0.5, 0.6) is 0 Å². The first-order chi connectivity index (χ1) is 3.84. The van der Waals surface area contributed by atoms with Crippen LogP contribution in [-0.4, -0.2) is 12.1 Å². The molecule has 2 bridgehead atoms. The van der Waals surface area contributed by atoms with Gasteiger partial charge >= 0.3 is 0 Å². The molecule has 3 atom stereocenters. The van der Waals surface area contributed by atoms with E-state index in [1.165, 1.54) is 19.3 Å². The van der Waals surface area contributed by atoms with Gasteiger partial charge in [0, 0.05) is 12.1 Å². The molecule has 2 heterocycles. The molecule has 0 aromatic rings. The topological polar surface area (TPSA) is 12.0 Å². The molecule has 2 aliphatic heterocycles. The van der Waals surface area contributed by atoms with Crippen molar-refractivity contribution in [3.05, 3.63) is 0 Å². The van der Waals surface area contributed by atoms with E-state index in [-0.39, 0.29) is 0 Å². The smallest absolute Gasteiger partial charge is 0.00870 e. The highest BCUT2D eigenvalue weighted by Crippen LogP contribution is 2.31. The molecule has 0 aromatic heterocycles. The van der Waals surface area contributed by atoms with E-state index in [4.69, 9.17) is 0 Å². The average molecular weight is 111 g/mol. The molecular formula is C7H13N. The van der Waals surface area contributed by atoms with Crippen molar-refractivity contribution in [3.63, 3.8) is 0 Å².